The number of oxime groups is 1. The first kappa shape index (κ1) is 14.2. The van der Waals surface area contributed by atoms with Gasteiger partial charge in [0.15, 0.2) is 11.5 Å². The number of nitrogens with zero attached hydrogens (tertiary/aromatic N) is 1. The third kappa shape index (κ3) is 2.86. The van der Waals surface area contributed by atoms with Crippen molar-refractivity contribution in [1.29, 1.82) is 0 Å². The maximum Gasteiger partial charge on any atom is 0.161 e. The molecular weight excluding hydrogens is 278 g/mol. The summed E-state index contributed by atoms with van der Waals surface area (Å²) in [4.78, 5) is 0. The Morgan fingerprint density at radius 3 is 2.30 bits per heavy atom. The molecule has 104 valence electrons. The molecule has 0 atom stereocenters. The minimum absolute atomic E-state index is 0.411. The van der Waals surface area contributed by atoms with Crippen molar-refractivity contribution in [2.45, 2.75) is 0 Å². The molecular formula is C15H14ClNO3. The monoisotopic (exact) mass is 291 g/mol. The molecule has 0 spiro atoms. The molecule has 0 aromatic heterocycles. The smallest absolute Gasteiger partial charge is 0.161 e. The Balaban J connectivity index is 2.48. The topological polar surface area (TPSA) is 51.0 Å². The zero-order chi connectivity index (χ0) is 14.5. The molecule has 2 aromatic carbocycles. The van der Waals surface area contributed by atoms with Gasteiger partial charge < -0.3 is 14.7 Å². The number of halogens is 1. The van der Waals surface area contributed by atoms with Crippen molar-refractivity contribution in [2.24, 2.45) is 5.16 Å². The molecule has 0 bridgehead atoms. The van der Waals surface area contributed by atoms with E-state index in [0.29, 0.717) is 33.4 Å². The van der Waals surface area contributed by atoms with Crippen LogP contribution in [0.5, 0.6) is 11.5 Å². The Kier molecular flexibility index (Phi) is 4.48. The molecule has 0 fully saturated rings. The SMILES string of the molecule is COc1ccc(/C(=N/O)c2cccc(Cl)c2)cc1OC. The first-order valence-corrected chi connectivity index (χ1v) is 6.27. The summed E-state index contributed by atoms with van der Waals surface area (Å²) < 4.78 is 10.4. The summed E-state index contributed by atoms with van der Waals surface area (Å²) in [6, 6.07) is 12.4. The molecule has 0 amide bonds. The molecule has 0 saturated carbocycles. The molecule has 0 aliphatic carbocycles. The minimum atomic E-state index is 0.411. The van der Waals surface area contributed by atoms with Gasteiger partial charge in [-0.3, -0.25) is 0 Å². The van der Waals surface area contributed by atoms with E-state index in [9.17, 15) is 5.21 Å². The lowest BCUT2D eigenvalue weighted by molar-refractivity contribution is 0.319. The van der Waals surface area contributed by atoms with Gasteiger partial charge in [0.2, 0.25) is 0 Å². The third-order valence-electron chi connectivity index (χ3n) is 2.86. The summed E-state index contributed by atoms with van der Waals surface area (Å²) in [5.41, 5.74) is 1.83. The maximum atomic E-state index is 9.29. The molecule has 4 nitrogen and oxygen atoms in total. The average Bonchev–Trinajstić information content (AvgIpc) is 2.48. The second kappa shape index (κ2) is 6.30. The van der Waals surface area contributed by atoms with Gasteiger partial charge in [-0.15, -0.1) is 0 Å². The molecule has 0 aliphatic rings. The van der Waals surface area contributed by atoms with Crippen LogP contribution in [0.15, 0.2) is 47.6 Å². The van der Waals surface area contributed by atoms with Crippen LogP contribution in [0.2, 0.25) is 5.02 Å². The number of rotatable bonds is 4. The van der Waals surface area contributed by atoms with Gasteiger partial charge in [-0.1, -0.05) is 28.9 Å². The Bertz CT molecular complexity index is 641. The Hall–Kier alpha value is -2.20. The van der Waals surface area contributed by atoms with Crippen molar-refractivity contribution < 1.29 is 14.7 Å². The van der Waals surface area contributed by atoms with E-state index < -0.39 is 0 Å². The standard InChI is InChI=1S/C15H14ClNO3/c1-19-13-7-6-11(9-14(13)20-2)15(17-18)10-4-3-5-12(16)8-10/h3-9,18H,1-2H3/b17-15+. The van der Waals surface area contributed by atoms with Crippen LogP contribution >= 0.6 is 11.6 Å². The highest BCUT2D eigenvalue weighted by molar-refractivity contribution is 6.31. The van der Waals surface area contributed by atoms with Crippen LogP contribution in [0.1, 0.15) is 11.1 Å². The Labute approximate surface area is 122 Å². The second-order valence-corrected chi connectivity index (χ2v) is 4.47. The lowest BCUT2D eigenvalue weighted by atomic mass is 10.0. The number of methoxy groups -OCH3 is 2. The molecule has 2 rings (SSSR count). The van der Waals surface area contributed by atoms with E-state index in [1.54, 1.807) is 50.6 Å². The molecule has 1 N–H and O–H groups in total. The molecule has 0 aliphatic heterocycles. The minimum Gasteiger partial charge on any atom is -0.493 e. The van der Waals surface area contributed by atoms with Crippen LogP contribution in [0.25, 0.3) is 0 Å². The van der Waals surface area contributed by atoms with E-state index in [0.717, 1.165) is 0 Å². The van der Waals surface area contributed by atoms with Crippen LogP contribution in [0.4, 0.5) is 0 Å². The van der Waals surface area contributed by atoms with Gasteiger partial charge >= 0.3 is 0 Å². The normalized spacial score (nSPS) is 11.2. The molecule has 20 heavy (non-hydrogen) atoms. The van der Waals surface area contributed by atoms with E-state index in [4.69, 9.17) is 21.1 Å². The second-order valence-electron chi connectivity index (χ2n) is 4.03. The first-order valence-electron chi connectivity index (χ1n) is 5.90. The maximum absolute atomic E-state index is 9.29. The van der Waals surface area contributed by atoms with E-state index >= 15 is 0 Å². The quantitative estimate of drug-likeness (QED) is 0.532. The van der Waals surface area contributed by atoms with E-state index in [-0.39, 0.29) is 0 Å². The fourth-order valence-electron chi connectivity index (χ4n) is 1.90. The fraction of sp³-hybridized carbons (Fsp3) is 0.133. The largest absolute Gasteiger partial charge is 0.493 e. The van der Waals surface area contributed by atoms with Crippen molar-refractivity contribution in [3.05, 3.63) is 58.6 Å². The molecule has 2 aromatic rings. The van der Waals surface area contributed by atoms with Crippen LogP contribution in [0, 0.1) is 0 Å². The van der Waals surface area contributed by atoms with Crippen LogP contribution in [-0.2, 0) is 0 Å². The zero-order valence-electron chi connectivity index (χ0n) is 11.1. The highest BCUT2D eigenvalue weighted by atomic mass is 35.5. The Morgan fingerprint density at radius 2 is 1.70 bits per heavy atom. The van der Waals surface area contributed by atoms with Gasteiger partial charge in [-0.2, -0.15) is 0 Å². The number of hydrogen-bond acceptors (Lipinski definition) is 4. The average molecular weight is 292 g/mol. The highest BCUT2D eigenvalue weighted by Crippen LogP contribution is 2.29. The predicted octanol–water partition coefficient (Wildman–Crippen LogP) is 3.58. The molecule has 0 saturated heterocycles. The van der Waals surface area contributed by atoms with Crippen molar-refractivity contribution in [3.8, 4) is 11.5 Å². The van der Waals surface area contributed by atoms with Gasteiger partial charge in [0.05, 0.1) is 14.2 Å². The summed E-state index contributed by atoms with van der Waals surface area (Å²) in [6.45, 7) is 0. The molecule has 0 unspecified atom stereocenters. The highest BCUT2D eigenvalue weighted by Gasteiger charge is 2.12. The number of benzene rings is 2. The van der Waals surface area contributed by atoms with Crippen molar-refractivity contribution in [3.63, 3.8) is 0 Å². The summed E-state index contributed by atoms with van der Waals surface area (Å²) in [7, 11) is 3.12. The van der Waals surface area contributed by atoms with Crippen LogP contribution < -0.4 is 9.47 Å². The van der Waals surface area contributed by atoms with Gasteiger partial charge in [0.1, 0.15) is 5.71 Å². The number of hydrogen-bond donors (Lipinski definition) is 1. The van der Waals surface area contributed by atoms with Crippen molar-refractivity contribution in [2.75, 3.05) is 14.2 Å². The Morgan fingerprint density at radius 1 is 1.00 bits per heavy atom. The van der Waals surface area contributed by atoms with Crippen LogP contribution in [-0.4, -0.2) is 25.1 Å². The van der Waals surface area contributed by atoms with Crippen molar-refractivity contribution >= 4 is 17.3 Å². The van der Waals surface area contributed by atoms with Gasteiger partial charge in [0, 0.05) is 16.1 Å². The molecule has 0 radical (unpaired) electrons. The van der Waals surface area contributed by atoms with Crippen LogP contribution in [0.3, 0.4) is 0 Å². The van der Waals surface area contributed by atoms with E-state index in [1.807, 2.05) is 6.07 Å². The fourth-order valence-corrected chi connectivity index (χ4v) is 2.09. The first-order chi connectivity index (χ1) is 9.69. The molecule has 0 heterocycles. The zero-order valence-corrected chi connectivity index (χ0v) is 11.9. The van der Waals surface area contributed by atoms with Gasteiger partial charge in [-0.25, -0.2) is 0 Å². The summed E-state index contributed by atoms with van der Waals surface area (Å²) in [6.07, 6.45) is 0. The van der Waals surface area contributed by atoms with Gasteiger partial charge in [0.25, 0.3) is 0 Å². The summed E-state index contributed by atoms with van der Waals surface area (Å²) in [5.74, 6) is 1.17. The third-order valence-corrected chi connectivity index (χ3v) is 3.09. The lowest BCUT2D eigenvalue weighted by Gasteiger charge is -2.10. The van der Waals surface area contributed by atoms with Gasteiger partial charge in [-0.05, 0) is 30.3 Å². The molecule has 5 heteroatoms. The lowest BCUT2D eigenvalue weighted by Crippen LogP contribution is -2.04. The van der Waals surface area contributed by atoms with E-state index in [2.05, 4.69) is 5.16 Å². The predicted molar refractivity (Wildman–Crippen MR) is 78.4 cm³/mol. The summed E-state index contributed by atoms with van der Waals surface area (Å²) in [5, 5.41) is 13.2. The summed E-state index contributed by atoms with van der Waals surface area (Å²) >= 11 is 5.96. The number of ether oxygens (including phenoxy) is 2. The van der Waals surface area contributed by atoms with Crippen molar-refractivity contribution in [1.82, 2.24) is 0 Å². The van der Waals surface area contributed by atoms with E-state index in [1.165, 1.54) is 0 Å².